The van der Waals surface area contributed by atoms with Crippen molar-refractivity contribution in [1.82, 2.24) is 20.6 Å². The Labute approximate surface area is 741 Å². The Kier molecular flexibility index (Phi) is 19.6. The lowest BCUT2D eigenvalue weighted by atomic mass is 10.0. The van der Waals surface area contributed by atoms with Gasteiger partial charge in [-0.3, -0.25) is 38.4 Å². The Balaban J connectivity index is 0.000000214. The highest BCUT2D eigenvalue weighted by atomic mass is 32.2. The molecule has 4 amide bonds. The minimum absolute atomic E-state index is 0.0150. The van der Waals surface area contributed by atoms with E-state index >= 15 is 0 Å². The van der Waals surface area contributed by atoms with Gasteiger partial charge in [-0.15, -0.1) is 45.3 Å². The molecule has 0 unspecified atom stereocenters. The van der Waals surface area contributed by atoms with Gasteiger partial charge < -0.3 is 39.4 Å². The number of benzene rings is 4. The van der Waals surface area contributed by atoms with E-state index in [4.69, 9.17) is 51.0 Å². The second-order valence-electron chi connectivity index (χ2n) is 25.7. The van der Waals surface area contributed by atoms with Gasteiger partial charge in [-0.1, -0.05) is 44.9 Å². The summed E-state index contributed by atoms with van der Waals surface area (Å²) < 4.78 is 315. The van der Waals surface area contributed by atoms with Gasteiger partial charge in [0.15, 0.2) is 23.1 Å². The van der Waals surface area contributed by atoms with Crippen molar-refractivity contribution in [1.29, 1.82) is 0 Å². The van der Waals surface area contributed by atoms with Gasteiger partial charge in [-0.25, -0.2) is 52.6 Å². The van der Waals surface area contributed by atoms with Crippen molar-refractivity contribution < 1.29 is 123 Å². The Morgan fingerprint density at radius 2 is 0.550 bits per heavy atom. The molecule has 0 spiro atoms. The van der Waals surface area contributed by atoms with Crippen LogP contribution in [0.3, 0.4) is 0 Å². The van der Waals surface area contributed by atoms with Crippen LogP contribution >= 0.6 is 45.3 Å². The lowest BCUT2D eigenvalue weighted by molar-refractivity contribution is 0.100. The number of carbonyl (C=O) groups is 8. The Morgan fingerprint density at radius 1 is 0.308 bits per heavy atom. The van der Waals surface area contributed by atoms with Gasteiger partial charge in [0.2, 0.25) is 23.5 Å². The topological polar surface area (TPSA) is 473 Å². The van der Waals surface area contributed by atoms with E-state index in [2.05, 4.69) is 51.3 Å². The number of hydrogen-bond acceptors (Lipinski definition) is 28. The van der Waals surface area contributed by atoms with E-state index < -0.39 is 217 Å². The van der Waals surface area contributed by atoms with Gasteiger partial charge in [0, 0.05) is 77.4 Å². The maximum Gasteiger partial charge on any atom is 0.267 e. The Bertz CT molecular complexity index is 7580. The van der Waals surface area contributed by atoms with E-state index in [0.717, 1.165) is 95.4 Å². The second kappa shape index (κ2) is 37.2. The highest BCUT2D eigenvalue weighted by molar-refractivity contribution is 7.94. The van der Waals surface area contributed by atoms with Crippen LogP contribution < -0.4 is 40.2 Å². The van der Waals surface area contributed by atoms with Gasteiger partial charge in [0.25, 0.3) is 63.7 Å². The van der Waals surface area contributed by atoms with Crippen LogP contribution in [0.2, 0.25) is 0 Å². The number of thiophene rings is 4. The molecule has 8 N–H and O–H groups in total. The molecule has 0 aliphatic rings. The van der Waals surface area contributed by atoms with Crippen LogP contribution in [-0.4, -0.2) is 101 Å². The SMILES string of the molecule is [2H]C([2H])([2H])c1cc(C(C)=O)c(NC(=O)c2sccc2S(=O)(=O)Nc2onc(C)c2C([2H])([2H])[2H])c(C([2H])([2H])[2H])c1.[2H]C([2H])([2H])c1cc(C(C)=O)c(NC(=O)c2sccc2S(=O)(=O)Nc2onc(C)c2C)c(C([2H])([2H])[2H])c1.[2H]C([2H])([2H])c1noc(NS(=O)(=O)c2ccsc2C(=O)Nc2c(C)cc(C)cc2C(C)=O)c1C.[2H]C([2H])([2H])c1noc(NS(=O)(=O)c2ccsc2C(=O)Nc2c(C)cc(C)cc2C(C)=O)c1C([2H])([2H])[2H]. The van der Waals surface area contributed by atoms with Crippen LogP contribution in [0.15, 0.2) is 132 Å². The predicted molar refractivity (Wildman–Crippen MR) is 460 cm³/mol. The number of aryl methyl sites for hydroxylation is 12. The number of anilines is 8. The van der Waals surface area contributed by atoms with Crippen LogP contribution in [0.5, 0.6) is 0 Å². The predicted octanol–water partition coefficient (Wildman–Crippen LogP) is 16.9. The van der Waals surface area contributed by atoms with E-state index in [1.165, 1.54) is 61.3 Å². The molecule has 12 aromatic rings. The third kappa shape index (κ3) is 21.0. The van der Waals surface area contributed by atoms with Gasteiger partial charge in [-0.05, 0) is 252 Å². The molecule has 12 rings (SSSR count). The molecule has 32 nitrogen and oxygen atoms in total. The highest BCUT2D eigenvalue weighted by Crippen LogP contribution is 2.36. The lowest BCUT2D eigenvalue weighted by Crippen LogP contribution is -2.20. The average molecular weight is 1810 g/mol. The summed E-state index contributed by atoms with van der Waals surface area (Å²) in [6, 6.07) is 15.0. The van der Waals surface area contributed by atoms with E-state index in [1.807, 2.05) is 16.4 Å². The smallest absolute Gasteiger partial charge is 0.267 e. The molecule has 8 heterocycles. The van der Waals surface area contributed by atoms with Gasteiger partial charge in [0.1, 0.15) is 39.1 Å². The molecule has 120 heavy (non-hydrogen) atoms. The van der Waals surface area contributed by atoms with Crippen molar-refractivity contribution in [3.63, 3.8) is 0 Å². The third-order valence-corrected chi connectivity index (χ3v) is 26.4. The zero-order valence-corrected chi connectivity index (χ0v) is 71.0. The molecule has 0 bridgehead atoms. The van der Waals surface area contributed by atoms with E-state index in [9.17, 15) is 72.0 Å². The highest BCUT2D eigenvalue weighted by Gasteiger charge is 2.33. The fourth-order valence-electron chi connectivity index (χ4n) is 10.8. The number of hydrogen-bond donors (Lipinski definition) is 8. The number of rotatable bonds is 24. The first kappa shape index (κ1) is 63.2. The fourth-order valence-corrected chi connectivity index (χ4v) is 20.1. The summed E-state index contributed by atoms with van der Waals surface area (Å²) in [5, 5.41) is 29.0. The zero-order chi connectivity index (χ0) is 109. The molecule has 0 aliphatic carbocycles. The maximum atomic E-state index is 13.2. The zero-order valence-electron chi connectivity index (χ0n) is 88.5. The van der Waals surface area contributed by atoms with Gasteiger partial charge in [-0.2, -0.15) is 0 Å². The quantitative estimate of drug-likeness (QED) is 0.0260. The molecule has 0 fully saturated rings. The van der Waals surface area contributed by atoms with Gasteiger partial charge in [0.05, 0.1) is 45.5 Å². The number of carbonyl (C=O) groups excluding carboxylic acids is 8. The van der Waals surface area contributed by atoms with Crippen molar-refractivity contribution in [2.24, 2.45) is 0 Å². The summed E-state index contributed by atoms with van der Waals surface area (Å²) in [6.45, 7) is -4.99. The molecular weight excluding hydrogens is 1710 g/mol. The van der Waals surface area contributed by atoms with Crippen LogP contribution in [-0.2, 0) is 40.1 Å². The molecule has 0 aliphatic heterocycles. The first-order valence-corrected chi connectivity index (χ1v) is 43.4. The molecule has 40 heteroatoms. The Morgan fingerprint density at radius 3 is 0.808 bits per heavy atom. The lowest BCUT2D eigenvalue weighted by Gasteiger charge is -2.14. The van der Waals surface area contributed by atoms with Crippen LogP contribution in [0.25, 0.3) is 0 Å². The van der Waals surface area contributed by atoms with Crippen LogP contribution in [0.1, 0.15) is 230 Å². The molecule has 0 atom stereocenters. The number of aromatic nitrogens is 4. The van der Waals surface area contributed by atoms with Crippen LogP contribution in [0, 0.1) is 110 Å². The molecule has 0 saturated carbocycles. The van der Waals surface area contributed by atoms with Crippen molar-refractivity contribution in [2.45, 2.75) is 157 Å². The largest absolute Gasteiger partial charge is 0.337 e. The minimum Gasteiger partial charge on any atom is -0.337 e. The number of amides is 4. The fraction of sp³-hybridized carbons (Fsp3) is 0.250. The minimum atomic E-state index is -4.64. The Hall–Kier alpha value is -11.9. The first-order valence-electron chi connectivity index (χ1n) is 45.9. The molecule has 8 aromatic heterocycles. The van der Waals surface area contributed by atoms with Crippen molar-refractivity contribution >= 4 is 178 Å². The number of sulfonamides is 4. The number of nitrogens with one attached hydrogen (secondary N) is 8. The number of ketones is 4. The monoisotopic (exact) mass is 1810 g/mol. The van der Waals surface area contributed by atoms with Crippen molar-refractivity contribution in [3.8, 4) is 0 Å². The van der Waals surface area contributed by atoms with E-state index in [-0.39, 0.29) is 76.6 Å². The summed E-state index contributed by atoms with van der Waals surface area (Å²) in [5.74, 6) is -7.71. The van der Waals surface area contributed by atoms with E-state index in [1.54, 1.807) is 58.9 Å². The first-order chi connectivity index (χ1) is 65.7. The van der Waals surface area contributed by atoms with Crippen LogP contribution in [0.4, 0.5) is 46.3 Å². The third-order valence-electron chi connectivity index (χ3n) is 16.8. The maximum absolute atomic E-state index is 13.2. The molecule has 632 valence electrons. The summed E-state index contributed by atoms with van der Waals surface area (Å²) in [7, 11) is -17.9. The molecular formula is C80H84N12O20S8. The summed E-state index contributed by atoms with van der Waals surface area (Å²) in [5.41, 5.74) is -1.52. The van der Waals surface area contributed by atoms with E-state index in [0.29, 0.717) is 45.0 Å². The van der Waals surface area contributed by atoms with Gasteiger partial charge >= 0.3 is 0 Å². The summed E-state index contributed by atoms with van der Waals surface area (Å²) >= 11 is 3.12. The average Bonchev–Trinajstić information content (AvgIpc) is 1.26. The summed E-state index contributed by atoms with van der Waals surface area (Å²) in [4.78, 5) is 98.3. The number of nitrogens with zero attached hydrogens (tertiary/aromatic N) is 4. The second-order valence-corrected chi connectivity index (χ2v) is 36.0. The molecule has 0 saturated heterocycles. The number of Topliss-reactive ketones (excluding diaryl/α,β-unsaturated/α-hetero) is 4. The van der Waals surface area contributed by atoms with Crippen molar-refractivity contribution in [2.75, 3.05) is 40.2 Å². The molecule has 0 radical (unpaired) electrons. The normalized spacial score (nSPS) is 15.2. The summed E-state index contributed by atoms with van der Waals surface area (Å²) in [6.07, 6.45) is 0. The standard InChI is InChI=1S/4C20H21N3O5S2/c4*1-10-8-11(2)17(15(9-10)14(5)24)21-19(25)18-16(6-7-29-18)30(26,27)23-20-12(3)13(4)22-28-20/h4*6-9,23H,1-5H3,(H,21,25)/i1D3,2D3,3D3;3D3,4D3;1D3,2D3;4D3. The van der Waals surface area contributed by atoms with Crippen molar-refractivity contribution in [3.05, 3.63) is 226 Å². The molecule has 4 aromatic carbocycles.